The number of carbonyl (C=O) groups excluding carboxylic acids is 2. The van der Waals surface area contributed by atoms with Gasteiger partial charge in [-0.05, 0) is 56.0 Å². The number of aromatic nitrogens is 2. The summed E-state index contributed by atoms with van der Waals surface area (Å²) < 4.78 is 6.87. The lowest BCUT2D eigenvalue weighted by molar-refractivity contribution is -0.132. The minimum atomic E-state index is -0.466. The Morgan fingerprint density at radius 3 is 2.38 bits per heavy atom. The van der Waals surface area contributed by atoms with Crippen LogP contribution >= 0.6 is 11.6 Å². The van der Waals surface area contributed by atoms with Crippen molar-refractivity contribution < 1.29 is 14.3 Å². The fourth-order valence-corrected chi connectivity index (χ4v) is 5.56. The molecule has 1 saturated heterocycles. The second kappa shape index (κ2) is 11.4. The molecular weight excluding hydrogens is 488 g/mol. The maximum absolute atomic E-state index is 12.7. The van der Waals surface area contributed by atoms with Gasteiger partial charge in [0.2, 0.25) is 5.91 Å². The molecule has 0 spiro atoms. The molecule has 0 atom stereocenters. The predicted octanol–water partition coefficient (Wildman–Crippen LogP) is 5.60. The maximum Gasteiger partial charge on any atom is 0.358 e. The van der Waals surface area contributed by atoms with Crippen molar-refractivity contribution in [1.29, 1.82) is 0 Å². The number of nitrogens with zero attached hydrogens (tertiary/aromatic N) is 4. The summed E-state index contributed by atoms with van der Waals surface area (Å²) in [5.74, 6) is 0.431. The zero-order chi connectivity index (χ0) is 25.8. The van der Waals surface area contributed by atoms with E-state index >= 15 is 0 Å². The first-order valence-electron chi connectivity index (χ1n) is 13.2. The average Bonchev–Trinajstić information content (AvgIpc) is 3.60. The Kier molecular flexibility index (Phi) is 7.79. The van der Waals surface area contributed by atoms with Crippen molar-refractivity contribution >= 4 is 29.2 Å². The van der Waals surface area contributed by atoms with Crippen molar-refractivity contribution in [2.24, 2.45) is 5.92 Å². The molecule has 1 saturated carbocycles. The topological polar surface area (TPSA) is 67.7 Å². The van der Waals surface area contributed by atoms with Crippen molar-refractivity contribution in [1.82, 2.24) is 14.7 Å². The number of para-hydroxylation sites is 1. The van der Waals surface area contributed by atoms with E-state index in [9.17, 15) is 9.59 Å². The molecule has 0 unspecified atom stereocenters. The molecule has 37 heavy (non-hydrogen) atoms. The first-order chi connectivity index (χ1) is 18.0. The zero-order valence-electron chi connectivity index (χ0n) is 21.2. The van der Waals surface area contributed by atoms with E-state index < -0.39 is 5.97 Å². The number of esters is 1. The van der Waals surface area contributed by atoms with E-state index in [1.165, 1.54) is 25.7 Å². The van der Waals surface area contributed by atoms with Gasteiger partial charge in [-0.1, -0.05) is 48.7 Å². The van der Waals surface area contributed by atoms with Crippen molar-refractivity contribution in [3.8, 4) is 16.9 Å². The van der Waals surface area contributed by atoms with Gasteiger partial charge in [-0.2, -0.15) is 5.10 Å². The van der Waals surface area contributed by atoms with Crippen molar-refractivity contribution in [2.75, 3.05) is 37.7 Å². The molecule has 1 aliphatic carbocycles. The van der Waals surface area contributed by atoms with E-state index in [1.807, 2.05) is 35.2 Å². The third-order valence-electron chi connectivity index (χ3n) is 7.37. The molecule has 2 aliphatic rings. The lowest BCUT2D eigenvalue weighted by atomic mass is 10.0. The highest BCUT2D eigenvalue weighted by Gasteiger charge is 2.25. The third kappa shape index (κ3) is 5.67. The van der Waals surface area contributed by atoms with Crippen LogP contribution in [0.5, 0.6) is 0 Å². The normalized spacial score (nSPS) is 16.3. The zero-order valence-corrected chi connectivity index (χ0v) is 22.0. The van der Waals surface area contributed by atoms with Gasteiger partial charge in [0.05, 0.1) is 23.0 Å². The molecule has 0 radical (unpaired) electrons. The Morgan fingerprint density at radius 1 is 1.00 bits per heavy atom. The number of ether oxygens (including phenoxy) is 1. The highest BCUT2D eigenvalue weighted by molar-refractivity contribution is 6.32. The van der Waals surface area contributed by atoms with E-state index in [0.717, 1.165) is 43.1 Å². The number of benzene rings is 2. The van der Waals surface area contributed by atoms with Crippen LogP contribution in [0.2, 0.25) is 5.02 Å². The quantitative estimate of drug-likeness (QED) is 0.379. The van der Waals surface area contributed by atoms with Gasteiger partial charge in [-0.3, -0.25) is 4.79 Å². The van der Waals surface area contributed by atoms with Gasteiger partial charge in [0.15, 0.2) is 5.69 Å². The fraction of sp³-hybridized carbons (Fsp3) is 0.414. The summed E-state index contributed by atoms with van der Waals surface area (Å²) in [7, 11) is 0. The van der Waals surface area contributed by atoms with Gasteiger partial charge in [-0.15, -0.1) is 0 Å². The molecule has 7 nitrogen and oxygen atoms in total. The molecule has 2 fully saturated rings. The van der Waals surface area contributed by atoms with Crippen LogP contribution in [0.25, 0.3) is 16.9 Å². The number of amides is 1. The summed E-state index contributed by atoms with van der Waals surface area (Å²) in [5, 5.41) is 5.06. The van der Waals surface area contributed by atoms with Crippen LogP contribution in [0, 0.1) is 5.92 Å². The molecule has 1 amide bonds. The largest absolute Gasteiger partial charge is 0.461 e. The smallest absolute Gasteiger partial charge is 0.358 e. The standard InChI is InChI=1S/C29H33ClN4O3/c1-2-37-29(36)25-20-27(34(31-25)26-10-6-5-9-24(26)30)22-11-13-23(14-12-22)32-15-17-33(18-16-32)28(35)19-21-7-3-4-8-21/h5-6,9-14,20-21H,2-4,7-8,15-19H2,1H3. The van der Waals surface area contributed by atoms with Crippen LogP contribution < -0.4 is 4.90 Å². The Labute approximate surface area is 223 Å². The molecule has 0 N–H and O–H groups in total. The fourth-order valence-electron chi connectivity index (χ4n) is 5.35. The lowest BCUT2D eigenvalue weighted by Crippen LogP contribution is -2.49. The second-order valence-electron chi connectivity index (χ2n) is 9.77. The molecule has 1 aromatic heterocycles. The number of hydrogen-bond acceptors (Lipinski definition) is 5. The molecule has 2 heterocycles. The van der Waals surface area contributed by atoms with E-state index in [1.54, 1.807) is 23.7 Å². The van der Waals surface area contributed by atoms with Gasteiger partial charge in [0.1, 0.15) is 0 Å². The summed E-state index contributed by atoms with van der Waals surface area (Å²) in [6.07, 6.45) is 5.65. The molecule has 0 bridgehead atoms. The van der Waals surface area contributed by atoms with Crippen LogP contribution in [-0.4, -0.2) is 59.3 Å². The third-order valence-corrected chi connectivity index (χ3v) is 7.69. The van der Waals surface area contributed by atoms with Gasteiger partial charge < -0.3 is 14.5 Å². The number of carbonyl (C=O) groups is 2. The van der Waals surface area contributed by atoms with Crippen LogP contribution in [0.1, 0.15) is 49.5 Å². The highest BCUT2D eigenvalue weighted by atomic mass is 35.5. The summed E-state index contributed by atoms with van der Waals surface area (Å²) in [5.41, 5.74) is 3.71. The van der Waals surface area contributed by atoms with Crippen LogP contribution in [0.15, 0.2) is 54.6 Å². The molecule has 2 aromatic carbocycles. The van der Waals surface area contributed by atoms with Crippen molar-refractivity contribution in [2.45, 2.75) is 39.0 Å². The first-order valence-corrected chi connectivity index (χ1v) is 13.6. The van der Waals surface area contributed by atoms with E-state index in [0.29, 0.717) is 29.0 Å². The minimum Gasteiger partial charge on any atom is -0.461 e. The summed E-state index contributed by atoms with van der Waals surface area (Å²) in [6, 6.07) is 17.4. The number of halogens is 1. The van der Waals surface area contributed by atoms with Gasteiger partial charge >= 0.3 is 5.97 Å². The summed E-state index contributed by atoms with van der Waals surface area (Å²) in [6.45, 7) is 5.21. The first kappa shape index (κ1) is 25.3. The molecule has 3 aromatic rings. The van der Waals surface area contributed by atoms with Gasteiger partial charge in [0.25, 0.3) is 0 Å². The molecule has 8 heteroatoms. The Morgan fingerprint density at radius 2 is 1.70 bits per heavy atom. The SMILES string of the molecule is CCOC(=O)c1cc(-c2ccc(N3CCN(C(=O)CC4CCCC4)CC3)cc2)n(-c2ccccc2Cl)n1. The van der Waals surface area contributed by atoms with E-state index in [2.05, 4.69) is 22.1 Å². The van der Waals surface area contributed by atoms with Crippen LogP contribution in [0.4, 0.5) is 5.69 Å². The average molecular weight is 521 g/mol. The Bertz CT molecular complexity index is 1240. The molecule has 1 aliphatic heterocycles. The molecule has 194 valence electrons. The van der Waals surface area contributed by atoms with Crippen molar-refractivity contribution in [3.05, 3.63) is 65.3 Å². The Balaban J connectivity index is 1.31. The predicted molar refractivity (Wildman–Crippen MR) is 145 cm³/mol. The van der Waals surface area contributed by atoms with E-state index in [-0.39, 0.29) is 12.3 Å². The highest BCUT2D eigenvalue weighted by Crippen LogP contribution is 2.31. The van der Waals surface area contributed by atoms with Gasteiger partial charge in [0, 0.05) is 43.9 Å². The molecule has 5 rings (SSSR count). The van der Waals surface area contributed by atoms with Crippen molar-refractivity contribution in [3.63, 3.8) is 0 Å². The number of rotatable bonds is 7. The second-order valence-corrected chi connectivity index (χ2v) is 10.2. The van der Waals surface area contributed by atoms with Gasteiger partial charge in [-0.25, -0.2) is 9.48 Å². The van der Waals surface area contributed by atoms with E-state index in [4.69, 9.17) is 16.3 Å². The minimum absolute atomic E-state index is 0.235. The lowest BCUT2D eigenvalue weighted by Gasteiger charge is -2.36. The summed E-state index contributed by atoms with van der Waals surface area (Å²) >= 11 is 6.46. The Hall–Kier alpha value is -3.32. The number of piperazine rings is 1. The number of anilines is 1. The van der Waals surface area contributed by atoms with Crippen LogP contribution in [0.3, 0.4) is 0 Å². The number of hydrogen-bond donors (Lipinski definition) is 0. The summed E-state index contributed by atoms with van der Waals surface area (Å²) in [4.78, 5) is 29.5. The monoisotopic (exact) mass is 520 g/mol. The maximum atomic E-state index is 12.7. The molecular formula is C29H33ClN4O3. The van der Waals surface area contributed by atoms with Crippen LogP contribution in [-0.2, 0) is 9.53 Å².